The highest BCUT2D eigenvalue weighted by Gasteiger charge is 2.31. The number of methoxy groups -OCH3 is 1. The van der Waals surface area contributed by atoms with E-state index in [-0.39, 0.29) is 12.1 Å². The van der Waals surface area contributed by atoms with Crippen LogP contribution < -0.4 is 4.72 Å². The zero-order valence-corrected chi connectivity index (χ0v) is 13.3. The molecule has 2 rings (SSSR count). The van der Waals surface area contributed by atoms with Gasteiger partial charge in [-0.2, -0.15) is 17.4 Å². The lowest BCUT2D eigenvalue weighted by molar-refractivity contribution is 0.0696. The second kappa shape index (κ2) is 7.73. The molecule has 6 heteroatoms. The Morgan fingerprint density at radius 3 is 2.20 bits per heavy atom. The van der Waals surface area contributed by atoms with Crippen LogP contribution in [0.25, 0.3) is 0 Å². The second-order valence-corrected chi connectivity index (χ2v) is 7.66. The van der Waals surface area contributed by atoms with Gasteiger partial charge >= 0.3 is 0 Å². The molecule has 0 spiro atoms. The van der Waals surface area contributed by atoms with Crippen LogP contribution in [0.2, 0.25) is 0 Å². The van der Waals surface area contributed by atoms with Crippen molar-refractivity contribution < 1.29 is 13.2 Å². The van der Waals surface area contributed by atoms with Crippen LogP contribution in [0.3, 0.4) is 0 Å². The molecule has 0 aromatic carbocycles. The summed E-state index contributed by atoms with van der Waals surface area (Å²) in [6, 6.07) is -0.0734. The van der Waals surface area contributed by atoms with Gasteiger partial charge in [0.1, 0.15) is 0 Å². The molecule has 0 unspecified atom stereocenters. The Labute approximate surface area is 123 Å². The van der Waals surface area contributed by atoms with Crippen molar-refractivity contribution in [1.82, 2.24) is 9.03 Å². The van der Waals surface area contributed by atoms with Crippen LogP contribution in [0.1, 0.15) is 57.8 Å². The van der Waals surface area contributed by atoms with Crippen molar-refractivity contribution in [1.29, 1.82) is 0 Å². The Morgan fingerprint density at radius 2 is 1.55 bits per heavy atom. The molecule has 1 saturated carbocycles. The van der Waals surface area contributed by atoms with Gasteiger partial charge in [-0.3, -0.25) is 0 Å². The molecule has 1 heterocycles. The molecular weight excluding hydrogens is 276 g/mol. The molecule has 5 nitrogen and oxygen atoms in total. The molecule has 2 fully saturated rings. The Morgan fingerprint density at radius 1 is 0.950 bits per heavy atom. The number of hydrogen-bond acceptors (Lipinski definition) is 3. The third-order valence-corrected chi connectivity index (χ3v) is 6.11. The van der Waals surface area contributed by atoms with Crippen LogP contribution >= 0.6 is 0 Å². The average molecular weight is 304 g/mol. The fourth-order valence-corrected chi connectivity index (χ4v) is 4.78. The van der Waals surface area contributed by atoms with E-state index in [1.807, 2.05) is 0 Å². The van der Waals surface area contributed by atoms with E-state index in [2.05, 4.69) is 4.72 Å². The fourth-order valence-electron chi connectivity index (χ4n) is 3.24. The van der Waals surface area contributed by atoms with Gasteiger partial charge in [-0.1, -0.05) is 32.1 Å². The largest absolute Gasteiger partial charge is 0.380 e. The van der Waals surface area contributed by atoms with E-state index in [1.54, 1.807) is 11.4 Å². The maximum atomic E-state index is 12.5. The van der Waals surface area contributed by atoms with Crippen LogP contribution in [-0.4, -0.2) is 45.1 Å². The Bertz CT molecular complexity index is 378. The summed E-state index contributed by atoms with van der Waals surface area (Å²) in [5, 5.41) is 0. The number of ether oxygens (including phenoxy) is 1. The Balaban J connectivity index is 2.01. The van der Waals surface area contributed by atoms with E-state index in [4.69, 9.17) is 4.74 Å². The van der Waals surface area contributed by atoms with E-state index >= 15 is 0 Å². The third-order valence-electron chi connectivity index (χ3n) is 4.46. The van der Waals surface area contributed by atoms with Gasteiger partial charge in [0.25, 0.3) is 10.2 Å². The molecule has 2 atom stereocenters. The van der Waals surface area contributed by atoms with Crippen LogP contribution in [-0.2, 0) is 14.9 Å². The van der Waals surface area contributed by atoms with Gasteiger partial charge in [-0.25, -0.2) is 0 Å². The zero-order valence-electron chi connectivity index (χ0n) is 12.5. The molecule has 1 aliphatic carbocycles. The normalized spacial score (nSPS) is 30.6. The van der Waals surface area contributed by atoms with E-state index in [0.717, 1.165) is 51.4 Å². The first-order valence-corrected chi connectivity index (χ1v) is 9.38. The van der Waals surface area contributed by atoms with Crippen molar-refractivity contribution in [2.24, 2.45) is 0 Å². The predicted octanol–water partition coefficient (Wildman–Crippen LogP) is 2.04. The van der Waals surface area contributed by atoms with Crippen LogP contribution in [0.5, 0.6) is 0 Å². The highest BCUT2D eigenvalue weighted by atomic mass is 32.2. The maximum Gasteiger partial charge on any atom is 0.279 e. The van der Waals surface area contributed by atoms with Gasteiger partial charge in [0.2, 0.25) is 0 Å². The average Bonchev–Trinajstić information content (AvgIpc) is 2.80. The highest BCUT2D eigenvalue weighted by Crippen LogP contribution is 2.22. The number of nitrogens with zero attached hydrogens (tertiary/aromatic N) is 1. The first-order valence-electron chi connectivity index (χ1n) is 7.93. The number of rotatable bonds is 4. The first-order chi connectivity index (χ1) is 9.63. The van der Waals surface area contributed by atoms with Gasteiger partial charge in [0.05, 0.1) is 6.10 Å². The third kappa shape index (κ3) is 4.41. The second-order valence-electron chi connectivity index (χ2n) is 5.95. The van der Waals surface area contributed by atoms with Crippen molar-refractivity contribution in [2.75, 3.05) is 20.2 Å². The van der Waals surface area contributed by atoms with Crippen molar-refractivity contribution in [3.05, 3.63) is 0 Å². The van der Waals surface area contributed by atoms with Crippen molar-refractivity contribution >= 4 is 10.2 Å². The summed E-state index contributed by atoms with van der Waals surface area (Å²) in [7, 11) is -1.68. The monoisotopic (exact) mass is 304 g/mol. The summed E-state index contributed by atoms with van der Waals surface area (Å²) in [5.41, 5.74) is 0. The van der Waals surface area contributed by atoms with Gasteiger partial charge in [-0.05, 0) is 25.7 Å². The van der Waals surface area contributed by atoms with E-state index in [1.165, 1.54) is 6.42 Å². The molecule has 1 N–H and O–H groups in total. The van der Waals surface area contributed by atoms with Gasteiger partial charge in [-0.15, -0.1) is 0 Å². The minimum absolute atomic E-state index is 0.0132. The molecule has 0 aromatic rings. The summed E-state index contributed by atoms with van der Waals surface area (Å²) in [5.74, 6) is 0. The molecular formula is C14H28N2O3S. The van der Waals surface area contributed by atoms with Gasteiger partial charge in [0.15, 0.2) is 0 Å². The lowest BCUT2D eigenvalue weighted by Gasteiger charge is -2.28. The topological polar surface area (TPSA) is 58.6 Å². The van der Waals surface area contributed by atoms with Crippen LogP contribution in [0, 0.1) is 0 Å². The van der Waals surface area contributed by atoms with E-state index in [0.29, 0.717) is 13.1 Å². The predicted molar refractivity (Wildman–Crippen MR) is 79.8 cm³/mol. The minimum Gasteiger partial charge on any atom is -0.380 e. The SMILES string of the molecule is CO[C@@H]1CCCCC[C@H]1NS(=O)(=O)N1CCCCCC1. The Kier molecular flexibility index (Phi) is 6.26. The molecule has 2 aliphatic rings. The number of nitrogens with one attached hydrogen (secondary N) is 1. The lowest BCUT2D eigenvalue weighted by Crippen LogP contribution is -2.50. The maximum absolute atomic E-state index is 12.5. The summed E-state index contributed by atoms with van der Waals surface area (Å²) in [6.07, 6.45) is 9.43. The molecule has 20 heavy (non-hydrogen) atoms. The molecule has 0 radical (unpaired) electrons. The van der Waals surface area contributed by atoms with Crippen LogP contribution in [0.15, 0.2) is 0 Å². The summed E-state index contributed by atoms with van der Waals surface area (Å²) < 4.78 is 35.1. The quantitative estimate of drug-likeness (QED) is 0.809. The van der Waals surface area contributed by atoms with Crippen molar-refractivity contribution in [3.8, 4) is 0 Å². The molecule has 0 aromatic heterocycles. The smallest absolute Gasteiger partial charge is 0.279 e. The Hall–Kier alpha value is -0.170. The van der Waals surface area contributed by atoms with E-state index < -0.39 is 10.2 Å². The van der Waals surface area contributed by atoms with E-state index in [9.17, 15) is 8.42 Å². The summed E-state index contributed by atoms with van der Waals surface area (Å²) in [6.45, 7) is 1.30. The molecule has 1 saturated heterocycles. The highest BCUT2D eigenvalue weighted by molar-refractivity contribution is 7.87. The van der Waals surface area contributed by atoms with Crippen molar-refractivity contribution in [3.63, 3.8) is 0 Å². The first kappa shape index (κ1) is 16.2. The summed E-state index contributed by atoms with van der Waals surface area (Å²) >= 11 is 0. The lowest BCUT2D eigenvalue weighted by atomic mass is 10.1. The standard InChI is InChI=1S/C14H28N2O3S/c1-19-14-10-6-4-5-9-13(14)15-20(17,18)16-11-7-2-3-8-12-16/h13-15H,2-12H2,1H3/t13-,14-/m1/s1. The number of hydrogen-bond donors (Lipinski definition) is 1. The molecule has 0 amide bonds. The zero-order chi connectivity index (χ0) is 14.4. The van der Waals surface area contributed by atoms with Crippen LogP contribution in [0.4, 0.5) is 0 Å². The molecule has 1 aliphatic heterocycles. The van der Waals surface area contributed by atoms with Crippen molar-refractivity contribution in [2.45, 2.75) is 69.9 Å². The summed E-state index contributed by atoms with van der Waals surface area (Å²) in [4.78, 5) is 0. The molecule has 0 bridgehead atoms. The molecule has 118 valence electrons. The van der Waals surface area contributed by atoms with Gasteiger partial charge in [0, 0.05) is 26.2 Å². The van der Waals surface area contributed by atoms with Gasteiger partial charge < -0.3 is 4.74 Å². The fraction of sp³-hybridized carbons (Fsp3) is 1.00. The minimum atomic E-state index is -3.36.